The number of H-pyrrole nitrogens is 1. The molecule has 5 fully saturated rings. The Labute approximate surface area is 303 Å². The molecule has 3 saturated carbocycles. The first-order valence-electron chi connectivity index (χ1n) is 19.2. The van der Waals surface area contributed by atoms with E-state index in [1.807, 2.05) is 6.92 Å². The topological polar surface area (TPSA) is 131 Å². The second-order valence-electron chi connectivity index (χ2n) is 16.0. The van der Waals surface area contributed by atoms with Gasteiger partial charge in [-0.3, -0.25) is 10.00 Å². The Kier molecular flexibility index (Phi) is 8.75. The zero-order valence-corrected chi connectivity index (χ0v) is 30.5. The average molecular weight is 716 g/mol. The fourth-order valence-electron chi connectivity index (χ4n) is 10.1. The minimum Gasteiger partial charge on any atom is -0.480 e. The molecule has 2 N–H and O–H groups in total. The van der Waals surface area contributed by atoms with Crippen LogP contribution in [-0.4, -0.2) is 107 Å². The third-order valence-electron chi connectivity index (χ3n) is 12.8. The molecule has 12 nitrogen and oxygen atoms in total. The third kappa shape index (κ3) is 5.61. The molecule has 3 aromatic heterocycles. The summed E-state index contributed by atoms with van der Waals surface area (Å²) in [5, 5.41) is 19.1. The number of anilines is 1. The van der Waals surface area contributed by atoms with Gasteiger partial charge in [0.05, 0.1) is 45.3 Å². The Morgan fingerprint density at radius 1 is 1.13 bits per heavy atom. The number of aliphatic hydroxyl groups is 1. The first kappa shape index (κ1) is 34.1. The molecule has 0 bridgehead atoms. The Morgan fingerprint density at radius 2 is 1.96 bits per heavy atom. The lowest BCUT2D eigenvalue weighted by Gasteiger charge is -2.60. The number of fused-ring (bicyclic) bond motifs is 3. The van der Waals surface area contributed by atoms with Crippen molar-refractivity contribution in [1.82, 2.24) is 30.0 Å². The summed E-state index contributed by atoms with van der Waals surface area (Å²) in [7, 11) is 1.52. The maximum absolute atomic E-state index is 17.4. The van der Waals surface area contributed by atoms with Crippen LogP contribution in [0.25, 0.3) is 33.1 Å². The van der Waals surface area contributed by atoms with Crippen LogP contribution in [-0.2, 0) is 9.47 Å². The van der Waals surface area contributed by atoms with E-state index >= 15 is 4.39 Å². The van der Waals surface area contributed by atoms with Crippen LogP contribution in [0.5, 0.6) is 11.9 Å². The Balaban J connectivity index is 1.13. The standard InChI is InChI=1S/C39H50FN7O5/c1-4-50-14-13-46(22-48)35-31-34(32(40)33(42-36(31)49-3)30-26-18-41-45-27(26)15-23(2)29(30)24-8-9-24)43-37(44-35)52-21-39-10-5-7-28(39)47(12-6-11-39)25-16-38(17-25)19-51-20-38/h15,18,24-25,28,48H,4-14,16-17,19-22H2,1-3H3,(H,41,45). The summed E-state index contributed by atoms with van der Waals surface area (Å²) in [6.45, 7) is 8.19. The Morgan fingerprint density at radius 3 is 2.69 bits per heavy atom. The molecular weight excluding hydrogens is 665 g/mol. The number of hydrogen-bond donors (Lipinski definition) is 2. The van der Waals surface area contributed by atoms with E-state index in [0.29, 0.717) is 61.2 Å². The van der Waals surface area contributed by atoms with E-state index in [1.54, 1.807) is 11.1 Å². The first-order valence-corrected chi connectivity index (χ1v) is 19.2. The number of aromatic amines is 1. The number of ether oxygens (including phenoxy) is 4. The molecule has 13 heteroatoms. The number of methoxy groups -OCH3 is 1. The molecule has 2 unspecified atom stereocenters. The van der Waals surface area contributed by atoms with Crippen molar-refractivity contribution >= 4 is 27.6 Å². The van der Waals surface area contributed by atoms with Crippen molar-refractivity contribution in [1.29, 1.82) is 0 Å². The predicted molar refractivity (Wildman–Crippen MR) is 194 cm³/mol. The molecule has 0 amide bonds. The average Bonchev–Trinajstić information content (AvgIpc) is 3.67. The van der Waals surface area contributed by atoms with Crippen molar-refractivity contribution in [2.45, 2.75) is 89.6 Å². The lowest BCUT2D eigenvalue weighted by molar-refractivity contribution is -0.196. The molecule has 2 atom stereocenters. The minimum absolute atomic E-state index is 0.0194. The summed E-state index contributed by atoms with van der Waals surface area (Å²) in [6.07, 6.45) is 11.9. The van der Waals surface area contributed by atoms with Gasteiger partial charge in [-0.05, 0) is 94.9 Å². The number of benzene rings is 1. The third-order valence-corrected chi connectivity index (χ3v) is 12.8. The number of nitrogens with one attached hydrogen (secondary N) is 1. The van der Waals surface area contributed by atoms with Crippen molar-refractivity contribution in [3.63, 3.8) is 0 Å². The number of halogens is 1. The van der Waals surface area contributed by atoms with Crippen LogP contribution in [0, 0.1) is 23.6 Å². The van der Waals surface area contributed by atoms with Crippen LogP contribution in [0.15, 0.2) is 12.3 Å². The van der Waals surface area contributed by atoms with Gasteiger partial charge in [0, 0.05) is 47.0 Å². The number of hydrogen-bond acceptors (Lipinski definition) is 11. The summed E-state index contributed by atoms with van der Waals surface area (Å²) in [5.41, 5.74) is 4.27. The van der Waals surface area contributed by atoms with Gasteiger partial charge in [-0.25, -0.2) is 9.37 Å². The van der Waals surface area contributed by atoms with E-state index in [0.717, 1.165) is 86.7 Å². The van der Waals surface area contributed by atoms with Crippen molar-refractivity contribution in [3.8, 4) is 23.1 Å². The number of pyridine rings is 1. The number of aromatic nitrogens is 5. The molecule has 1 spiro atoms. The highest BCUT2D eigenvalue weighted by Gasteiger charge is 2.56. The first-order chi connectivity index (χ1) is 25.4. The highest BCUT2D eigenvalue weighted by molar-refractivity contribution is 6.01. The van der Waals surface area contributed by atoms with Gasteiger partial charge in [0.2, 0.25) is 5.88 Å². The molecule has 5 heterocycles. The quantitative estimate of drug-likeness (QED) is 0.127. The van der Waals surface area contributed by atoms with Crippen LogP contribution >= 0.6 is 0 Å². The molecule has 9 rings (SSSR count). The van der Waals surface area contributed by atoms with E-state index in [2.05, 4.69) is 28.1 Å². The van der Waals surface area contributed by atoms with Gasteiger partial charge in [-0.15, -0.1) is 0 Å². The Hall–Kier alpha value is -3.65. The van der Waals surface area contributed by atoms with Crippen molar-refractivity contribution in [3.05, 3.63) is 29.2 Å². The molecule has 278 valence electrons. The molecule has 5 aliphatic rings. The zero-order valence-electron chi connectivity index (χ0n) is 30.5. The van der Waals surface area contributed by atoms with Crippen LogP contribution in [0.1, 0.15) is 81.8 Å². The van der Waals surface area contributed by atoms with Crippen LogP contribution in [0.4, 0.5) is 10.2 Å². The normalized spacial score (nSPS) is 24.3. The Bertz CT molecular complexity index is 1970. The summed E-state index contributed by atoms with van der Waals surface area (Å²) in [4.78, 5) is 19.0. The second-order valence-corrected chi connectivity index (χ2v) is 16.0. The number of piperidine rings is 1. The summed E-state index contributed by atoms with van der Waals surface area (Å²) in [6, 6.07) is 3.21. The monoisotopic (exact) mass is 715 g/mol. The van der Waals surface area contributed by atoms with Gasteiger partial charge >= 0.3 is 6.01 Å². The molecule has 3 aliphatic carbocycles. The van der Waals surface area contributed by atoms with Crippen LogP contribution < -0.4 is 14.4 Å². The van der Waals surface area contributed by atoms with E-state index < -0.39 is 5.82 Å². The summed E-state index contributed by atoms with van der Waals surface area (Å²) < 4.78 is 41.2. The maximum atomic E-state index is 17.4. The number of likely N-dealkylation sites (tertiary alicyclic amines) is 1. The maximum Gasteiger partial charge on any atom is 0.319 e. The van der Waals surface area contributed by atoms with Crippen LogP contribution in [0.3, 0.4) is 0 Å². The van der Waals surface area contributed by atoms with Crippen molar-refractivity contribution < 1.29 is 28.4 Å². The van der Waals surface area contributed by atoms with Crippen molar-refractivity contribution in [2.24, 2.45) is 10.8 Å². The highest BCUT2D eigenvalue weighted by atomic mass is 19.1. The number of aliphatic hydroxyl groups excluding tert-OH is 1. The molecular formula is C39H50FN7O5. The summed E-state index contributed by atoms with van der Waals surface area (Å²) >= 11 is 0. The fourth-order valence-corrected chi connectivity index (χ4v) is 10.1. The SMILES string of the molecule is CCOCCN(CO)c1nc(OCC23CCCC2N(C2CC4(COC4)C2)CCC3)nc2c(F)c(-c3c(C4CC4)c(C)cc4[nH]ncc34)nc(OC)c12. The molecule has 4 aromatic rings. The summed E-state index contributed by atoms with van der Waals surface area (Å²) in [5.74, 6) is 0.212. The van der Waals surface area contributed by atoms with Gasteiger partial charge in [0.25, 0.3) is 0 Å². The minimum atomic E-state index is -0.582. The van der Waals surface area contributed by atoms with Crippen molar-refractivity contribution in [2.75, 3.05) is 64.9 Å². The van der Waals surface area contributed by atoms with Crippen LogP contribution in [0.2, 0.25) is 0 Å². The molecule has 2 aliphatic heterocycles. The van der Waals surface area contributed by atoms with E-state index in [4.69, 9.17) is 33.9 Å². The smallest absolute Gasteiger partial charge is 0.319 e. The lowest BCUT2D eigenvalue weighted by Crippen LogP contribution is -2.64. The van der Waals surface area contributed by atoms with E-state index in [1.165, 1.54) is 20.0 Å². The molecule has 2 saturated heterocycles. The largest absolute Gasteiger partial charge is 0.480 e. The lowest BCUT2D eigenvalue weighted by atomic mass is 9.62. The number of rotatable bonds is 13. The molecule has 0 radical (unpaired) electrons. The van der Waals surface area contributed by atoms with Gasteiger partial charge in [0.15, 0.2) is 11.6 Å². The number of aryl methyl sites for hydroxylation is 1. The van der Waals surface area contributed by atoms with Gasteiger partial charge < -0.3 is 29.0 Å². The fraction of sp³-hybridized carbons (Fsp3) is 0.641. The molecule has 1 aromatic carbocycles. The predicted octanol–water partition coefficient (Wildman–Crippen LogP) is 5.89. The van der Waals surface area contributed by atoms with Gasteiger partial charge in [0.1, 0.15) is 23.3 Å². The molecule has 52 heavy (non-hydrogen) atoms. The second kappa shape index (κ2) is 13.3. The zero-order chi connectivity index (χ0) is 35.6. The number of nitrogens with zero attached hydrogens (tertiary/aromatic N) is 6. The van der Waals surface area contributed by atoms with Gasteiger partial charge in [-0.2, -0.15) is 15.1 Å². The van der Waals surface area contributed by atoms with E-state index in [-0.39, 0.29) is 40.6 Å². The highest BCUT2D eigenvalue weighted by Crippen LogP contribution is 2.55. The van der Waals surface area contributed by atoms with Gasteiger partial charge in [-0.1, -0.05) is 6.42 Å². The van der Waals surface area contributed by atoms with E-state index in [9.17, 15) is 5.11 Å².